The zero-order chi connectivity index (χ0) is 33.3. The number of aromatic amines is 2. The summed E-state index contributed by atoms with van der Waals surface area (Å²) in [6.45, 7) is 0. The molecule has 0 radical (unpaired) electrons. The molecule has 0 spiro atoms. The van der Waals surface area contributed by atoms with Gasteiger partial charge in [0.05, 0.1) is 22.8 Å². The number of nitrogens with zero attached hydrogens (tertiary/aromatic N) is 2. The Balaban J connectivity index is 1.10. The maximum atomic E-state index is 5.29. The van der Waals surface area contributed by atoms with Crippen LogP contribution < -0.4 is 0 Å². The number of aromatic nitrogens is 4. The van der Waals surface area contributed by atoms with Crippen LogP contribution in [0.2, 0.25) is 0 Å². The standard InChI is InChI=1S/C46H36N4/c1-5-13-35(14-6-1)41-42(36-15-7-2-8-16-36)48-45(47-41)39-29-31-21-25-33(39)27-23-32-22-26-34(28-24-31)40(30-32)46-49-43(37-17-9-3-10-18-37)44(50-46)38-19-11-4-12-20-38/h1-22,25-26,29-30H,23-24,27-28H2,(H,47,48)(H,49,50). The van der Waals surface area contributed by atoms with E-state index >= 15 is 0 Å². The molecule has 4 nitrogen and oxygen atoms in total. The zero-order valence-corrected chi connectivity index (χ0v) is 27.7. The van der Waals surface area contributed by atoms with Crippen molar-refractivity contribution in [1.29, 1.82) is 0 Å². The molecule has 0 saturated heterocycles. The van der Waals surface area contributed by atoms with Gasteiger partial charge in [0.15, 0.2) is 0 Å². The third-order valence-electron chi connectivity index (χ3n) is 9.85. The van der Waals surface area contributed by atoms with E-state index in [0.29, 0.717) is 0 Å². The molecule has 2 heterocycles. The first-order valence-corrected chi connectivity index (χ1v) is 17.4. The first-order chi connectivity index (χ1) is 24.8. The van der Waals surface area contributed by atoms with E-state index in [9.17, 15) is 0 Å². The van der Waals surface area contributed by atoms with E-state index in [1.807, 2.05) is 0 Å². The lowest BCUT2D eigenvalue weighted by Crippen LogP contribution is -2.03. The number of imidazole rings is 2. The third-order valence-corrected chi connectivity index (χ3v) is 9.85. The molecule has 0 amide bonds. The number of hydrogen-bond acceptors (Lipinski definition) is 2. The Morgan fingerprint density at radius 3 is 1.10 bits per heavy atom. The lowest BCUT2D eigenvalue weighted by Gasteiger charge is -2.15. The van der Waals surface area contributed by atoms with Gasteiger partial charge in [-0.3, -0.25) is 0 Å². The molecule has 50 heavy (non-hydrogen) atoms. The van der Waals surface area contributed by atoms with Gasteiger partial charge in [0.1, 0.15) is 11.6 Å². The molecule has 4 aliphatic carbocycles. The first kappa shape index (κ1) is 29.8. The van der Waals surface area contributed by atoms with Crippen LogP contribution in [0.3, 0.4) is 0 Å². The molecule has 8 aromatic rings. The predicted octanol–water partition coefficient (Wildman–Crippen LogP) is 11.0. The fraction of sp³-hybridized carbons (Fsp3) is 0.0870. The van der Waals surface area contributed by atoms with Crippen LogP contribution in [0.15, 0.2) is 158 Å². The van der Waals surface area contributed by atoms with Crippen molar-refractivity contribution >= 4 is 0 Å². The maximum absolute atomic E-state index is 5.29. The summed E-state index contributed by atoms with van der Waals surface area (Å²) >= 11 is 0. The topological polar surface area (TPSA) is 57.4 Å². The fourth-order valence-electron chi connectivity index (χ4n) is 7.23. The van der Waals surface area contributed by atoms with Crippen LogP contribution in [0, 0.1) is 0 Å². The van der Waals surface area contributed by atoms with E-state index < -0.39 is 0 Å². The summed E-state index contributed by atoms with van der Waals surface area (Å²) in [6, 6.07) is 56.0. The van der Waals surface area contributed by atoms with Crippen molar-refractivity contribution in [1.82, 2.24) is 19.9 Å². The quantitative estimate of drug-likeness (QED) is 0.189. The number of hydrogen-bond donors (Lipinski definition) is 2. The van der Waals surface area contributed by atoms with E-state index in [-0.39, 0.29) is 0 Å². The molecule has 12 rings (SSSR count). The minimum absolute atomic E-state index is 0.902. The molecule has 0 atom stereocenters. The van der Waals surface area contributed by atoms with E-state index in [1.165, 1.54) is 33.4 Å². The minimum atomic E-state index is 0.902. The molecular weight excluding hydrogens is 609 g/mol. The van der Waals surface area contributed by atoms with E-state index in [2.05, 4.69) is 168 Å². The van der Waals surface area contributed by atoms with Gasteiger partial charge in [-0.05, 0) is 60.1 Å². The van der Waals surface area contributed by atoms with Gasteiger partial charge in [-0.2, -0.15) is 0 Å². The highest BCUT2D eigenvalue weighted by atomic mass is 14.9. The molecule has 0 fully saturated rings. The van der Waals surface area contributed by atoms with Crippen molar-refractivity contribution in [2.24, 2.45) is 0 Å². The Labute approximate surface area is 292 Å². The Kier molecular flexibility index (Phi) is 7.75. The lowest BCUT2D eigenvalue weighted by molar-refractivity contribution is 0.921. The molecule has 2 N–H and O–H groups in total. The lowest BCUT2D eigenvalue weighted by atomic mass is 9.91. The Morgan fingerprint density at radius 2 is 0.720 bits per heavy atom. The monoisotopic (exact) mass is 644 g/mol. The molecule has 0 aliphatic heterocycles. The van der Waals surface area contributed by atoms with E-state index in [0.717, 1.165) is 82.4 Å². The summed E-state index contributed by atoms with van der Waals surface area (Å²) in [5, 5.41) is 0. The van der Waals surface area contributed by atoms with Gasteiger partial charge in [-0.25, -0.2) is 9.97 Å². The second-order valence-electron chi connectivity index (χ2n) is 13.1. The van der Waals surface area contributed by atoms with Crippen molar-refractivity contribution in [3.63, 3.8) is 0 Å². The van der Waals surface area contributed by atoms with Crippen molar-refractivity contribution in [2.75, 3.05) is 0 Å². The van der Waals surface area contributed by atoms with Crippen molar-refractivity contribution in [2.45, 2.75) is 25.7 Å². The second-order valence-corrected chi connectivity index (χ2v) is 13.1. The number of nitrogens with one attached hydrogen (secondary N) is 2. The smallest absolute Gasteiger partial charge is 0.138 e. The molecule has 0 saturated carbocycles. The summed E-state index contributed by atoms with van der Waals surface area (Å²) in [5.74, 6) is 1.84. The predicted molar refractivity (Wildman–Crippen MR) is 205 cm³/mol. The van der Waals surface area contributed by atoms with Gasteiger partial charge in [-0.1, -0.05) is 146 Å². The van der Waals surface area contributed by atoms with Crippen molar-refractivity contribution in [3.8, 4) is 67.8 Å². The Morgan fingerprint density at radius 1 is 0.360 bits per heavy atom. The number of aryl methyl sites for hydroxylation is 4. The van der Waals surface area contributed by atoms with Crippen LogP contribution in [0.1, 0.15) is 22.3 Å². The molecule has 2 aromatic heterocycles. The molecule has 4 heteroatoms. The van der Waals surface area contributed by atoms with Crippen LogP contribution in [-0.2, 0) is 25.7 Å². The van der Waals surface area contributed by atoms with Crippen LogP contribution in [0.5, 0.6) is 0 Å². The summed E-state index contributed by atoms with van der Waals surface area (Å²) in [7, 11) is 0. The van der Waals surface area contributed by atoms with Crippen LogP contribution in [0.25, 0.3) is 67.8 Å². The molecule has 6 aromatic carbocycles. The highest BCUT2D eigenvalue weighted by Gasteiger charge is 2.21. The molecular formula is C46H36N4. The van der Waals surface area contributed by atoms with Gasteiger partial charge in [-0.15, -0.1) is 0 Å². The first-order valence-electron chi connectivity index (χ1n) is 17.4. The van der Waals surface area contributed by atoms with Crippen LogP contribution in [-0.4, -0.2) is 19.9 Å². The summed E-state index contributed by atoms with van der Waals surface area (Å²) in [6.07, 6.45) is 3.63. The van der Waals surface area contributed by atoms with Crippen molar-refractivity contribution < 1.29 is 0 Å². The maximum Gasteiger partial charge on any atom is 0.138 e. The molecule has 4 bridgehead atoms. The van der Waals surface area contributed by atoms with Gasteiger partial charge in [0.25, 0.3) is 0 Å². The van der Waals surface area contributed by atoms with Gasteiger partial charge in [0.2, 0.25) is 0 Å². The average Bonchev–Trinajstić information content (AvgIpc) is 3.83. The number of benzene rings is 6. The van der Waals surface area contributed by atoms with Crippen molar-refractivity contribution in [3.05, 3.63) is 180 Å². The summed E-state index contributed by atoms with van der Waals surface area (Å²) < 4.78 is 0. The highest BCUT2D eigenvalue weighted by Crippen LogP contribution is 2.37. The zero-order valence-electron chi connectivity index (χ0n) is 27.7. The molecule has 4 aliphatic rings. The minimum Gasteiger partial charge on any atom is -0.337 e. The van der Waals surface area contributed by atoms with Gasteiger partial charge < -0.3 is 9.97 Å². The SMILES string of the molecule is c1ccc(-c2nc(-c3cc4ccc3CCc3ccc(c(-c5nc(-c6ccccc6)c(-c6ccccc6)[nH]5)c3)CC4)[nH]c2-c2ccccc2)cc1. The van der Waals surface area contributed by atoms with Gasteiger partial charge in [0, 0.05) is 33.4 Å². The normalized spacial score (nSPS) is 12.5. The van der Waals surface area contributed by atoms with Gasteiger partial charge >= 0.3 is 0 Å². The third kappa shape index (κ3) is 5.75. The largest absolute Gasteiger partial charge is 0.337 e. The summed E-state index contributed by atoms with van der Waals surface area (Å²) in [4.78, 5) is 18.1. The van der Waals surface area contributed by atoms with Crippen LogP contribution >= 0.6 is 0 Å². The molecule has 240 valence electrons. The second kappa shape index (κ2) is 13.0. The Hall–Kier alpha value is -6.26. The Bertz CT molecular complexity index is 2120. The number of rotatable bonds is 6. The summed E-state index contributed by atoms with van der Waals surface area (Å²) in [5.41, 5.74) is 16.1. The average molecular weight is 645 g/mol. The van der Waals surface area contributed by atoms with Crippen LogP contribution in [0.4, 0.5) is 0 Å². The number of H-pyrrole nitrogens is 2. The van der Waals surface area contributed by atoms with E-state index in [1.54, 1.807) is 0 Å². The fourth-order valence-corrected chi connectivity index (χ4v) is 7.23. The molecule has 0 unspecified atom stereocenters. The highest BCUT2D eigenvalue weighted by molar-refractivity contribution is 5.83. The van der Waals surface area contributed by atoms with E-state index in [4.69, 9.17) is 9.97 Å².